The van der Waals surface area contributed by atoms with Gasteiger partial charge in [0.15, 0.2) is 0 Å². The molecule has 0 aromatic heterocycles. The summed E-state index contributed by atoms with van der Waals surface area (Å²) >= 11 is 1.85. The van der Waals surface area contributed by atoms with E-state index in [0.717, 1.165) is 24.3 Å². The molecule has 0 aliphatic rings. The zero-order chi connectivity index (χ0) is 12.8. The van der Waals surface area contributed by atoms with Crippen LogP contribution in [0.5, 0.6) is 0 Å². The van der Waals surface area contributed by atoms with Gasteiger partial charge in [-0.05, 0) is 50.1 Å². The van der Waals surface area contributed by atoms with E-state index in [1.54, 1.807) is 6.07 Å². The van der Waals surface area contributed by atoms with Gasteiger partial charge in [0.05, 0.1) is 5.69 Å². The smallest absolute Gasteiger partial charge is 0.146 e. The van der Waals surface area contributed by atoms with Crippen LogP contribution in [0.3, 0.4) is 0 Å². The molecule has 0 fully saturated rings. The number of rotatable bonds is 6. The molecule has 4 heteroatoms. The molecule has 1 aromatic rings. The predicted octanol–water partition coefficient (Wildman–Crippen LogP) is 2.98. The van der Waals surface area contributed by atoms with Gasteiger partial charge in [-0.25, -0.2) is 4.39 Å². The first-order chi connectivity index (χ1) is 8.04. The number of halogens is 1. The van der Waals surface area contributed by atoms with Crippen LogP contribution >= 0.6 is 11.8 Å². The van der Waals surface area contributed by atoms with E-state index in [9.17, 15) is 4.39 Å². The summed E-state index contributed by atoms with van der Waals surface area (Å²) in [7, 11) is 2.07. The second-order valence-corrected chi connectivity index (χ2v) is 5.39. The van der Waals surface area contributed by atoms with Crippen molar-refractivity contribution in [3.8, 4) is 0 Å². The molecular weight excluding hydrogens is 235 g/mol. The van der Waals surface area contributed by atoms with Gasteiger partial charge in [-0.1, -0.05) is 6.07 Å². The zero-order valence-corrected chi connectivity index (χ0v) is 11.6. The molecule has 0 saturated heterocycles. The lowest BCUT2D eigenvalue weighted by atomic mass is 10.1. The molecular formula is C13H21FN2S. The van der Waals surface area contributed by atoms with E-state index in [1.807, 2.05) is 17.8 Å². The number of nitrogen functional groups attached to an aromatic ring is 1. The van der Waals surface area contributed by atoms with Crippen molar-refractivity contribution in [2.45, 2.75) is 25.9 Å². The summed E-state index contributed by atoms with van der Waals surface area (Å²) in [6.07, 6.45) is 3.26. The fourth-order valence-corrected chi connectivity index (χ4v) is 2.20. The van der Waals surface area contributed by atoms with Crippen LogP contribution < -0.4 is 5.73 Å². The second-order valence-electron chi connectivity index (χ2n) is 4.40. The molecule has 96 valence electrons. The maximum absolute atomic E-state index is 13.3. The number of benzene rings is 1. The Morgan fingerprint density at radius 3 is 2.76 bits per heavy atom. The first kappa shape index (κ1) is 14.3. The molecule has 2 N–H and O–H groups in total. The lowest BCUT2D eigenvalue weighted by Crippen LogP contribution is -2.29. The van der Waals surface area contributed by atoms with E-state index in [2.05, 4.69) is 25.1 Å². The summed E-state index contributed by atoms with van der Waals surface area (Å²) in [5.41, 5.74) is 6.64. The summed E-state index contributed by atoms with van der Waals surface area (Å²) in [6, 6.07) is 5.54. The van der Waals surface area contributed by atoms with Crippen LogP contribution in [0, 0.1) is 5.82 Å². The zero-order valence-electron chi connectivity index (χ0n) is 10.7. The minimum Gasteiger partial charge on any atom is -0.396 e. The Balaban J connectivity index is 2.55. The van der Waals surface area contributed by atoms with Crippen molar-refractivity contribution in [1.82, 2.24) is 4.90 Å². The third-order valence-corrected chi connectivity index (χ3v) is 3.63. The monoisotopic (exact) mass is 256 g/mol. The maximum atomic E-state index is 13.3. The molecule has 0 radical (unpaired) electrons. The fraction of sp³-hybridized carbons (Fsp3) is 0.538. The highest BCUT2D eigenvalue weighted by atomic mass is 32.2. The largest absolute Gasteiger partial charge is 0.396 e. The Morgan fingerprint density at radius 1 is 1.47 bits per heavy atom. The Kier molecular flexibility index (Phi) is 5.78. The quantitative estimate of drug-likeness (QED) is 0.793. The van der Waals surface area contributed by atoms with Gasteiger partial charge in [0.2, 0.25) is 0 Å². The number of anilines is 1. The van der Waals surface area contributed by atoms with Gasteiger partial charge in [-0.15, -0.1) is 0 Å². The summed E-state index contributed by atoms with van der Waals surface area (Å²) in [5.74, 6) is 0.828. The Labute approximate surface area is 107 Å². The van der Waals surface area contributed by atoms with Crippen LogP contribution in [0.1, 0.15) is 18.9 Å². The minimum atomic E-state index is -0.326. The Bertz CT molecular complexity index is 357. The molecule has 1 unspecified atom stereocenters. The molecule has 0 aliphatic heterocycles. The van der Waals surface area contributed by atoms with Crippen molar-refractivity contribution in [3.05, 3.63) is 29.6 Å². The van der Waals surface area contributed by atoms with E-state index in [4.69, 9.17) is 5.73 Å². The Hall–Kier alpha value is -0.740. The SMILES string of the molecule is CSCCC(C)N(C)Cc1ccc(N)c(F)c1. The first-order valence-electron chi connectivity index (χ1n) is 5.77. The van der Waals surface area contributed by atoms with E-state index >= 15 is 0 Å². The average Bonchev–Trinajstić information content (AvgIpc) is 2.30. The molecule has 0 saturated carbocycles. The summed E-state index contributed by atoms with van der Waals surface area (Å²) in [4.78, 5) is 2.24. The third-order valence-electron chi connectivity index (χ3n) is 2.99. The van der Waals surface area contributed by atoms with Crippen LogP contribution in [-0.2, 0) is 6.54 Å². The molecule has 1 rings (SSSR count). The van der Waals surface area contributed by atoms with Crippen molar-refractivity contribution in [2.24, 2.45) is 0 Å². The summed E-state index contributed by atoms with van der Waals surface area (Å²) < 4.78 is 13.3. The lowest BCUT2D eigenvalue weighted by Gasteiger charge is -2.24. The Morgan fingerprint density at radius 2 is 2.18 bits per heavy atom. The van der Waals surface area contributed by atoms with Crippen LogP contribution in [-0.4, -0.2) is 30.0 Å². The molecule has 1 aromatic carbocycles. The third kappa shape index (κ3) is 4.56. The molecule has 0 spiro atoms. The van der Waals surface area contributed by atoms with Crippen molar-refractivity contribution >= 4 is 17.4 Å². The molecule has 17 heavy (non-hydrogen) atoms. The highest BCUT2D eigenvalue weighted by Gasteiger charge is 2.10. The summed E-state index contributed by atoms with van der Waals surface area (Å²) in [5, 5.41) is 0. The first-order valence-corrected chi connectivity index (χ1v) is 7.17. The van der Waals surface area contributed by atoms with Crippen LogP contribution in [0.15, 0.2) is 18.2 Å². The van der Waals surface area contributed by atoms with Gasteiger partial charge >= 0.3 is 0 Å². The van der Waals surface area contributed by atoms with Crippen molar-refractivity contribution < 1.29 is 4.39 Å². The van der Waals surface area contributed by atoms with Gasteiger partial charge in [0.1, 0.15) is 5.82 Å². The van der Waals surface area contributed by atoms with E-state index < -0.39 is 0 Å². The molecule has 0 aliphatic carbocycles. The van der Waals surface area contributed by atoms with Gasteiger partial charge < -0.3 is 5.73 Å². The maximum Gasteiger partial charge on any atom is 0.146 e. The highest BCUT2D eigenvalue weighted by Crippen LogP contribution is 2.15. The topological polar surface area (TPSA) is 29.3 Å². The number of thioether (sulfide) groups is 1. The van der Waals surface area contributed by atoms with Crippen LogP contribution in [0.4, 0.5) is 10.1 Å². The van der Waals surface area contributed by atoms with Crippen molar-refractivity contribution in [2.75, 3.05) is 24.8 Å². The lowest BCUT2D eigenvalue weighted by molar-refractivity contribution is 0.245. The van der Waals surface area contributed by atoms with E-state index in [0.29, 0.717) is 6.04 Å². The standard InChI is InChI=1S/C13H21FN2S/c1-10(6-7-17-3)16(2)9-11-4-5-13(15)12(14)8-11/h4-5,8,10H,6-7,9,15H2,1-3H3. The number of hydrogen-bond acceptors (Lipinski definition) is 3. The number of nitrogens with zero attached hydrogens (tertiary/aromatic N) is 1. The highest BCUT2D eigenvalue weighted by molar-refractivity contribution is 7.98. The van der Waals surface area contributed by atoms with E-state index in [1.165, 1.54) is 6.07 Å². The predicted molar refractivity (Wildman–Crippen MR) is 74.7 cm³/mol. The van der Waals surface area contributed by atoms with Crippen LogP contribution in [0.2, 0.25) is 0 Å². The normalized spacial score (nSPS) is 13.0. The molecule has 0 amide bonds. The number of nitrogens with two attached hydrogens (primary N) is 1. The fourth-order valence-electron chi connectivity index (χ4n) is 1.62. The summed E-state index contributed by atoms with van der Waals surface area (Å²) in [6.45, 7) is 2.95. The van der Waals surface area contributed by atoms with Crippen molar-refractivity contribution in [1.29, 1.82) is 0 Å². The number of hydrogen-bond donors (Lipinski definition) is 1. The van der Waals surface area contributed by atoms with Gasteiger partial charge in [-0.2, -0.15) is 11.8 Å². The average molecular weight is 256 g/mol. The molecule has 0 heterocycles. The van der Waals surface area contributed by atoms with Gasteiger partial charge in [0, 0.05) is 12.6 Å². The molecule has 1 atom stereocenters. The molecule has 0 bridgehead atoms. The van der Waals surface area contributed by atoms with Crippen LogP contribution in [0.25, 0.3) is 0 Å². The van der Waals surface area contributed by atoms with Gasteiger partial charge in [-0.3, -0.25) is 4.90 Å². The van der Waals surface area contributed by atoms with E-state index in [-0.39, 0.29) is 11.5 Å². The van der Waals surface area contributed by atoms with Gasteiger partial charge in [0.25, 0.3) is 0 Å². The van der Waals surface area contributed by atoms with Crippen molar-refractivity contribution in [3.63, 3.8) is 0 Å². The molecule has 2 nitrogen and oxygen atoms in total. The second kappa shape index (κ2) is 6.87. The minimum absolute atomic E-state index is 0.215.